The molecule has 134 valence electrons. The summed E-state index contributed by atoms with van der Waals surface area (Å²) in [5.74, 6) is -0.338. The van der Waals surface area contributed by atoms with E-state index in [1.165, 1.54) is 17.4 Å². The first-order valence-electron chi connectivity index (χ1n) is 8.66. The first-order chi connectivity index (χ1) is 12.0. The maximum absolute atomic E-state index is 11.0. The monoisotopic (exact) mass is 359 g/mol. The molecule has 1 amide bonds. The minimum atomic E-state index is -0.718. The highest BCUT2D eigenvalue weighted by atomic mass is 32.1. The summed E-state index contributed by atoms with van der Waals surface area (Å²) in [6.07, 6.45) is 5.01. The Morgan fingerprint density at radius 1 is 1.12 bits per heavy atom. The normalized spacial score (nSPS) is 11.9. The van der Waals surface area contributed by atoms with Crippen molar-refractivity contribution in [1.29, 1.82) is 0 Å². The minimum Gasteiger partial charge on any atom is -0.481 e. The summed E-state index contributed by atoms with van der Waals surface area (Å²) in [5.41, 5.74) is 2.07. The zero-order chi connectivity index (χ0) is 18.1. The molecule has 0 bridgehead atoms. The van der Waals surface area contributed by atoms with Gasteiger partial charge >= 0.3 is 5.97 Å². The molecular formula is C20H25NO3S. The molecule has 0 saturated heterocycles. The van der Waals surface area contributed by atoms with Crippen LogP contribution in [-0.2, 0) is 16.0 Å². The summed E-state index contributed by atoms with van der Waals surface area (Å²) in [7, 11) is 0. The van der Waals surface area contributed by atoms with Gasteiger partial charge in [-0.1, -0.05) is 18.2 Å². The van der Waals surface area contributed by atoms with Crippen molar-refractivity contribution < 1.29 is 14.7 Å². The fourth-order valence-electron chi connectivity index (χ4n) is 2.96. The zero-order valence-electron chi connectivity index (χ0n) is 14.5. The van der Waals surface area contributed by atoms with Crippen LogP contribution in [0.25, 0.3) is 0 Å². The largest absolute Gasteiger partial charge is 0.481 e. The topological polar surface area (TPSA) is 66.4 Å². The van der Waals surface area contributed by atoms with E-state index >= 15 is 0 Å². The highest BCUT2D eigenvalue weighted by Gasteiger charge is 2.13. The Labute approximate surface area is 152 Å². The van der Waals surface area contributed by atoms with Gasteiger partial charge in [-0.15, -0.1) is 11.3 Å². The molecule has 0 fully saturated rings. The van der Waals surface area contributed by atoms with Crippen LogP contribution in [0.4, 0.5) is 5.69 Å². The molecule has 2 rings (SSSR count). The van der Waals surface area contributed by atoms with Crippen molar-refractivity contribution in [3.05, 3.63) is 52.2 Å². The summed E-state index contributed by atoms with van der Waals surface area (Å²) in [4.78, 5) is 23.1. The maximum atomic E-state index is 11.0. The van der Waals surface area contributed by atoms with Crippen LogP contribution in [0, 0.1) is 0 Å². The first-order valence-corrected chi connectivity index (χ1v) is 9.54. The second kappa shape index (κ2) is 9.99. The number of carboxylic acid groups (broad SMARTS) is 1. The highest BCUT2D eigenvalue weighted by Crippen LogP contribution is 2.31. The van der Waals surface area contributed by atoms with E-state index in [-0.39, 0.29) is 12.3 Å². The van der Waals surface area contributed by atoms with Crippen molar-refractivity contribution >= 4 is 28.9 Å². The number of nitrogens with one attached hydrogen (secondary N) is 1. The van der Waals surface area contributed by atoms with Gasteiger partial charge in [-0.3, -0.25) is 9.59 Å². The number of carboxylic acids is 1. The lowest BCUT2D eigenvalue weighted by Crippen LogP contribution is -2.05. The van der Waals surface area contributed by atoms with Crippen LogP contribution in [0.15, 0.2) is 41.8 Å². The Hall–Kier alpha value is -2.14. The number of anilines is 1. The Morgan fingerprint density at radius 2 is 1.84 bits per heavy atom. The van der Waals surface area contributed by atoms with Gasteiger partial charge in [0.05, 0.1) is 0 Å². The molecule has 4 nitrogen and oxygen atoms in total. The Bertz CT molecular complexity index is 665. The summed E-state index contributed by atoms with van der Waals surface area (Å²) in [6, 6.07) is 12.2. The molecule has 1 aromatic heterocycles. The third kappa shape index (κ3) is 7.10. The van der Waals surface area contributed by atoms with Crippen molar-refractivity contribution in [2.75, 3.05) is 5.32 Å². The van der Waals surface area contributed by atoms with E-state index in [9.17, 15) is 9.59 Å². The predicted molar refractivity (Wildman–Crippen MR) is 102 cm³/mol. The molecule has 0 aliphatic carbocycles. The maximum Gasteiger partial charge on any atom is 0.303 e. The predicted octanol–water partition coefficient (Wildman–Crippen LogP) is 5.07. The van der Waals surface area contributed by atoms with E-state index in [4.69, 9.17) is 5.11 Å². The summed E-state index contributed by atoms with van der Waals surface area (Å²) >= 11 is 1.76. The molecule has 1 unspecified atom stereocenters. The number of aryl methyl sites for hydroxylation is 1. The number of carbonyl (C=O) groups excluding carboxylic acids is 1. The van der Waals surface area contributed by atoms with Gasteiger partial charge in [-0.2, -0.15) is 0 Å². The number of hydrogen-bond acceptors (Lipinski definition) is 3. The number of rotatable bonds is 10. The van der Waals surface area contributed by atoms with Crippen LogP contribution < -0.4 is 5.32 Å². The third-order valence-corrected chi connectivity index (χ3v) is 5.22. The van der Waals surface area contributed by atoms with E-state index in [0.717, 1.165) is 37.8 Å². The van der Waals surface area contributed by atoms with Crippen LogP contribution in [0.3, 0.4) is 0 Å². The third-order valence-electron chi connectivity index (χ3n) is 4.18. The van der Waals surface area contributed by atoms with Gasteiger partial charge < -0.3 is 10.4 Å². The number of thiophene rings is 1. The lowest BCUT2D eigenvalue weighted by Gasteiger charge is -2.15. The fourth-order valence-corrected chi connectivity index (χ4v) is 3.86. The van der Waals surface area contributed by atoms with Gasteiger partial charge in [0.15, 0.2) is 0 Å². The number of hydrogen-bond donors (Lipinski definition) is 2. The van der Waals surface area contributed by atoms with Gasteiger partial charge in [0.2, 0.25) is 5.91 Å². The fraction of sp³-hybridized carbons (Fsp3) is 0.400. The van der Waals surface area contributed by atoms with Crippen LogP contribution in [-0.4, -0.2) is 17.0 Å². The van der Waals surface area contributed by atoms with Crippen molar-refractivity contribution in [2.45, 2.75) is 51.4 Å². The Morgan fingerprint density at radius 3 is 2.44 bits per heavy atom. The lowest BCUT2D eigenvalue weighted by molar-refractivity contribution is -0.137. The molecule has 2 N–H and O–H groups in total. The quantitative estimate of drug-likeness (QED) is 0.622. The van der Waals surface area contributed by atoms with Gasteiger partial charge in [-0.25, -0.2) is 0 Å². The Kier molecular flexibility index (Phi) is 7.67. The van der Waals surface area contributed by atoms with E-state index in [2.05, 4.69) is 35.0 Å². The summed E-state index contributed by atoms with van der Waals surface area (Å²) in [5, 5.41) is 13.7. The molecule has 1 heterocycles. The number of benzene rings is 1. The van der Waals surface area contributed by atoms with Crippen molar-refractivity contribution in [2.24, 2.45) is 0 Å². The molecule has 25 heavy (non-hydrogen) atoms. The molecule has 0 aliphatic heterocycles. The SMILES string of the molecule is CC(=O)Nc1ccc(CCCC(CCCC(=O)O)c2cccs2)cc1. The van der Waals surface area contributed by atoms with E-state index in [1.807, 2.05) is 12.1 Å². The highest BCUT2D eigenvalue weighted by molar-refractivity contribution is 7.10. The van der Waals surface area contributed by atoms with Gasteiger partial charge in [-0.05, 0) is 67.2 Å². The van der Waals surface area contributed by atoms with Crippen molar-refractivity contribution in [3.63, 3.8) is 0 Å². The molecule has 0 spiro atoms. The van der Waals surface area contributed by atoms with E-state index in [0.29, 0.717) is 5.92 Å². The van der Waals surface area contributed by atoms with E-state index < -0.39 is 5.97 Å². The molecule has 0 radical (unpaired) electrons. The summed E-state index contributed by atoms with van der Waals surface area (Å²) < 4.78 is 0. The van der Waals surface area contributed by atoms with E-state index in [1.54, 1.807) is 11.3 Å². The zero-order valence-corrected chi connectivity index (χ0v) is 15.3. The summed E-state index contributed by atoms with van der Waals surface area (Å²) in [6.45, 7) is 1.50. The second-order valence-electron chi connectivity index (χ2n) is 6.27. The van der Waals surface area contributed by atoms with Crippen LogP contribution in [0.1, 0.15) is 55.4 Å². The Balaban J connectivity index is 1.83. The van der Waals surface area contributed by atoms with Crippen LogP contribution in [0.5, 0.6) is 0 Å². The molecule has 1 atom stereocenters. The van der Waals surface area contributed by atoms with Gasteiger partial charge in [0.25, 0.3) is 0 Å². The first kappa shape index (κ1) is 19.2. The lowest BCUT2D eigenvalue weighted by atomic mass is 9.93. The van der Waals surface area contributed by atoms with Gasteiger partial charge in [0, 0.05) is 23.9 Å². The molecule has 0 aliphatic rings. The number of aliphatic carboxylic acids is 1. The van der Waals surface area contributed by atoms with Crippen LogP contribution >= 0.6 is 11.3 Å². The minimum absolute atomic E-state index is 0.0621. The molecular weight excluding hydrogens is 334 g/mol. The average molecular weight is 359 g/mol. The second-order valence-corrected chi connectivity index (χ2v) is 7.25. The average Bonchev–Trinajstić information content (AvgIpc) is 3.08. The number of carbonyl (C=O) groups is 2. The molecule has 1 aromatic carbocycles. The van der Waals surface area contributed by atoms with Crippen molar-refractivity contribution in [1.82, 2.24) is 0 Å². The van der Waals surface area contributed by atoms with Gasteiger partial charge in [0.1, 0.15) is 0 Å². The van der Waals surface area contributed by atoms with Crippen molar-refractivity contribution in [3.8, 4) is 0 Å². The number of amides is 1. The van der Waals surface area contributed by atoms with Crippen LogP contribution in [0.2, 0.25) is 0 Å². The molecule has 0 saturated carbocycles. The smallest absolute Gasteiger partial charge is 0.303 e. The standard InChI is InChI=1S/C20H25NO3S/c1-15(22)21-18-12-10-16(11-13-18)5-2-6-17(7-3-9-20(23)24)19-8-4-14-25-19/h4,8,10-14,17H,2-3,5-7,9H2,1H3,(H,21,22)(H,23,24). The molecule has 2 aromatic rings. The molecule has 5 heteroatoms.